The van der Waals surface area contributed by atoms with E-state index >= 15 is 0 Å². The fraction of sp³-hybridized carbons (Fsp3) is 0.615. The lowest BCUT2D eigenvalue weighted by Gasteiger charge is -2.31. The van der Waals surface area contributed by atoms with Gasteiger partial charge < -0.3 is 10.0 Å². The fourth-order valence-corrected chi connectivity index (χ4v) is 1.80. The van der Waals surface area contributed by atoms with Crippen LogP contribution in [0, 0.1) is 13.8 Å². The van der Waals surface area contributed by atoms with Crippen LogP contribution in [-0.2, 0) is 23.1 Å². The first-order chi connectivity index (χ1) is 8.59. The van der Waals surface area contributed by atoms with Crippen molar-refractivity contribution in [2.75, 3.05) is 7.05 Å². The fourth-order valence-electron chi connectivity index (χ4n) is 1.80. The predicted molar refractivity (Wildman–Crippen MR) is 70.9 cm³/mol. The van der Waals surface area contributed by atoms with Crippen LogP contribution in [0.4, 0.5) is 0 Å². The number of aromatic nitrogens is 2. The third kappa shape index (κ3) is 2.77. The maximum Gasteiger partial charge on any atom is 0.329 e. The number of rotatable bonds is 4. The summed E-state index contributed by atoms with van der Waals surface area (Å²) in [5.74, 6) is -1.26. The lowest BCUT2D eigenvalue weighted by molar-refractivity contribution is -0.155. The molecule has 106 valence electrons. The number of hydrogen-bond acceptors (Lipinski definition) is 3. The second-order valence-electron chi connectivity index (χ2n) is 5.27. The van der Waals surface area contributed by atoms with E-state index in [0.717, 1.165) is 17.0 Å². The molecule has 1 aromatic heterocycles. The number of carboxylic acid groups (broad SMARTS) is 1. The quantitative estimate of drug-likeness (QED) is 0.879. The normalized spacial score (nSPS) is 11.5. The van der Waals surface area contributed by atoms with Crippen molar-refractivity contribution in [1.29, 1.82) is 0 Å². The van der Waals surface area contributed by atoms with Crippen molar-refractivity contribution in [3.8, 4) is 0 Å². The minimum atomic E-state index is -1.22. The minimum Gasteiger partial charge on any atom is -0.480 e. The van der Waals surface area contributed by atoms with E-state index in [1.54, 1.807) is 4.68 Å². The number of nitrogens with zero attached hydrogens (tertiary/aromatic N) is 3. The van der Waals surface area contributed by atoms with Crippen LogP contribution >= 0.6 is 0 Å². The zero-order chi connectivity index (χ0) is 15.0. The maximum absolute atomic E-state index is 12.2. The van der Waals surface area contributed by atoms with Crippen LogP contribution in [0.1, 0.15) is 30.8 Å². The first-order valence-corrected chi connectivity index (χ1v) is 6.08. The molecule has 1 amide bonds. The number of carboxylic acids is 1. The summed E-state index contributed by atoms with van der Waals surface area (Å²) in [7, 11) is 3.33. The zero-order valence-corrected chi connectivity index (χ0v) is 12.3. The van der Waals surface area contributed by atoms with Gasteiger partial charge in [0.05, 0.1) is 12.1 Å². The summed E-state index contributed by atoms with van der Waals surface area (Å²) in [4.78, 5) is 24.6. The topological polar surface area (TPSA) is 75.4 Å². The van der Waals surface area contributed by atoms with E-state index in [1.807, 2.05) is 20.9 Å². The number of carbonyl (C=O) groups is 2. The van der Waals surface area contributed by atoms with Crippen molar-refractivity contribution in [3.05, 3.63) is 17.0 Å². The molecule has 0 saturated carbocycles. The van der Waals surface area contributed by atoms with Gasteiger partial charge in [0, 0.05) is 25.4 Å². The summed E-state index contributed by atoms with van der Waals surface area (Å²) >= 11 is 0. The smallest absolute Gasteiger partial charge is 0.329 e. The van der Waals surface area contributed by atoms with E-state index in [0.29, 0.717) is 0 Å². The van der Waals surface area contributed by atoms with Crippen LogP contribution in [0.15, 0.2) is 0 Å². The van der Waals surface area contributed by atoms with Gasteiger partial charge in [0.15, 0.2) is 0 Å². The molecule has 6 nitrogen and oxygen atoms in total. The molecule has 6 heteroatoms. The van der Waals surface area contributed by atoms with E-state index in [9.17, 15) is 9.59 Å². The van der Waals surface area contributed by atoms with Crippen LogP contribution in [0.5, 0.6) is 0 Å². The van der Waals surface area contributed by atoms with Crippen molar-refractivity contribution in [1.82, 2.24) is 14.7 Å². The second kappa shape index (κ2) is 5.03. The predicted octanol–water partition coefficient (Wildman–Crippen LogP) is 0.901. The summed E-state index contributed by atoms with van der Waals surface area (Å²) in [6.07, 6.45) is 0.165. The Balaban J connectivity index is 2.95. The van der Waals surface area contributed by atoms with Gasteiger partial charge in [-0.15, -0.1) is 0 Å². The van der Waals surface area contributed by atoms with Crippen LogP contribution < -0.4 is 0 Å². The molecule has 0 aliphatic heterocycles. The highest BCUT2D eigenvalue weighted by atomic mass is 16.4. The Kier molecular flexibility index (Phi) is 4.03. The highest BCUT2D eigenvalue weighted by Crippen LogP contribution is 2.17. The Morgan fingerprint density at radius 1 is 1.37 bits per heavy atom. The van der Waals surface area contributed by atoms with Crippen LogP contribution in [0.2, 0.25) is 0 Å². The first-order valence-electron chi connectivity index (χ1n) is 6.08. The van der Waals surface area contributed by atoms with Crippen molar-refractivity contribution >= 4 is 11.9 Å². The van der Waals surface area contributed by atoms with Gasteiger partial charge in [-0.1, -0.05) is 0 Å². The Bertz CT molecular complexity index is 517. The monoisotopic (exact) mass is 267 g/mol. The molecule has 0 unspecified atom stereocenters. The molecule has 1 aromatic rings. The summed E-state index contributed by atoms with van der Waals surface area (Å²) in [6, 6.07) is 0. The van der Waals surface area contributed by atoms with Crippen molar-refractivity contribution in [2.24, 2.45) is 7.05 Å². The van der Waals surface area contributed by atoms with Gasteiger partial charge in [0.1, 0.15) is 5.54 Å². The van der Waals surface area contributed by atoms with Gasteiger partial charge in [-0.05, 0) is 27.7 Å². The number of carbonyl (C=O) groups excluding carboxylic acids is 1. The SMILES string of the molecule is Cc1nn(C)c(C)c1CC(=O)N(C)C(C)(C)C(=O)O. The molecule has 1 rings (SSSR count). The zero-order valence-electron chi connectivity index (χ0n) is 12.3. The van der Waals surface area contributed by atoms with Gasteiger partial charge >= 0.3 is 5.97 Å². The average Bonchev–Trinajstić information content (AvgIpc) is 2.54. The van der Waals surface area contributed by atoms with E-state index < -0.39 is 11.5 Å². The molecular weight excluding hydrogens is 246 g/mol. The average molecular weight is 267 g/mol. The largest absolute Gasteiger partial charge is 0.480 e. The van der Waals surface area contributed by atoms with Gasteiger partial charge in [-0.2, -0.15) is 5.10 Å². The Labute approximate surface area is 113 Å². The number of likely N-dealkylation sites (N-methyl/N-ethyl adjacent to an activating group) is 1. The van der Waals surface area contributed by atoms with Gasteiger partial charge in [-0.3, -0.25) is 9.48 Å². The minimum absolute atomic E-state index is 0.165. The van der Waals surface area contributed by atoms with E-state index in [4.69, 9.17) is 5.11 Å². The number of hydrogen-bond donors (Lipinski definition) is 1. The molecule has 19 heavy (non-hydrogen) atoms. The number of aliphatic carboxylic acids is 1. The van der Waals surface area contributed by atoms with Crippen LogP contribution in [0.3, 0.4) is 0 Å². The Hall–Kier alpha value is -1.85. The summed E-state index contributed by atoms with van der Waals surface area (Å²) in [5, 5.41) is 13.4. The highest BCUT2D eigenvalue weighted by molar-refractivity contribution is 5.87. The number of amides is 1. The summed E-state index contributed by atoms with van der Waals surface area (Å²) in [5.41, 5.74) is 1.36. The van der Waals surface area contributed by atoms with Crippen LogP contribution in [0.25, 0.3) is 0 Å². The first kappa shape index (κ1) is 15.2. The maximum atomic E-state index is 12.2. The molecule has 0 bridgehead atoms. The van der Waals surface area contributed by atoms with E-state index in [1.165, 1.54) is 25.8 Å². The Morgan fingerprint density at radius 3 is 2.26 bits per heavy atom. The molecule has 0 saturated heterocycles. The highest BCUT2D eigenvalue weighted by Gasteiger charge is 2.35. The van der Waals surface area contributed by atoms with E-state index in [2.05, 4.69) is 5.10 Å². The van der Waals surface area contributed by atoms with Gasteiger partial charge in [-0.25, -0.2) is 4.79 Å². The van der Waals surface area contributed by atoms with Crippen molar-refractivity contribution < 1.29 is 14.7 Å². The molecule has 0 atom stereocenters. The number of aryl methyl sites for hydroxylation is 2. The van der Waals surface area contributed by atoms with Gasteiger partial charge in [0.25, 0.3) is 0 Å². The molecule has 0 spiro atoms. The van der Waals surface area contributed by atoms with Crippen molar-refractivity contribution in [2.45, 2.75) is 39.7 Å². The second-order valence-corrected chi connectivity index (χ2v) is 5.27. The molecule has 1 N–H and O–H groups in total. The molecular formula is C13H21N3O3. The van der Waals surface area contributed by atoms with Gasteiger partial charge in [0.2, 0.25) is 5.91 Å². The van der Waals surface area contributed by atoms with Crippen molar-refractivity contribution in [3.63, 3.8) is 0 Å². The van der Waals surface area contributed by atoms with Crippen LogP contribution in [-0.4, -0.2) is 44.3 Å². The lowest BCUT2D eigenvalue weighted by atomic mass is 10.0. The molecule has 0 aromatic carbocycles. The third-order valence-electron chi connectivity index (χ3n) is 3.72. The summed E-state index contributed by atoms with van der Waals surface area (Å²) < 4.78 is 1.72. The molecule has 0 aliphatic rings. The molecule has 0 radical (unpaired) electrons. The third-order valence-corrected chi connectivity index (χ3v) is 3.72. The molecule has 1 heterocycles. The molecule has 0 fully saturated rings. The standard InChI is InChI=1S/C13H21N3O3/c1-8-10(9(2)16(6)14-8)7-11(17)15(5)13(3,4)12(18)19/h7H2,1-6H3,(H,18,19). The Morgan fingerprint density at radius 2 is 1.89 bits per heavy atom. The molecule has 0 aliphatic carbocycles. The lowest BCUT2D eigenvalue weighted by Crippen LogP contribution is -2.51. The van der Waals surface area contributed by atoms with E-state index in [-0.39, 0.29) is 12.3 Å². The summed E-state index contributed by atoms with van der Waals surface area (Å²) in [6.45, 7) is 6.76.